The molecule has 0 radical (unpaired) electrons. The Balaban J connectivity index is 1.30. The monoisotopic (exact) mass is 597 g/mol. The number of hydrogen-bond donors (Lipinski definition) is 2. The van der Waals surface area contributed by atoms with Crippen molar-refractivity contribution in [3.63, 3.8) is 0 Å². The van der Waals surface area contributed by atoms with Crippen LogP contribution in [0, 0.1) is 5.82 Å². The second-order valence-electron chi connectivity index (χ2n) is 7.75. The van der Waals surface area contributed by atoms with Gasteiger partial charge < -0.3 is 9.47 Å². The van der Waals surface area contributed by atoms with Crippen LogP contribution in [0.1, 0.15) is 26.5 Å². The van der Waals surface area contributed by atoms with E-state index in [1.165, 1.54) is 18.3 Å². The molecule has 0 aliphatic heterocycles. The molecule has 1 heterocycles. The molecule has 0 unspecified atom stereocenters. The predicted octanol–water partition coefficient (Wildman–Crippen LogP) is 4.97. The Kier molecular flexibility index (Phi) is 9.11. The molecule has 0 atom stereocenters. The van der Waals surface area contributed by atoms with Gasteiger partial charge in [0.2, 0.25) is 11.0 Å². The third-order valence-electron chi connectivity index (χ3n) is 5.02. The number of anilines is 1. The summed E-state index contributed by atoms with van der Waals surface area (Å²) in [5, 5.41) is 15.2. The Morgan fingerprint density at radius 2 is 1.84 bits per heavy atom. The van der Waals surface area contributed by atoms with Gasteiger partial charge >= 0.3 is 0 Å². The van der Waals surface area contributed by atoms with E-state index in [0.29, 0.717) is 27.6 Å². The molecule has 194 valence electrons. The summed E-state index contributed by atoms with van der Waals surface area (Å²) in [4.78, 5) is 24.7. The average molecular weight is 598 g/mol. The molecular weight excluding hydrogens is 577 g/mol. The van der Waals surface area contributed by atoms with Crippen molar-refractivity contribution in [3.8, 4) is 11.5 Å². The van der Waals surface area contributed by atoms with Crippen LogP contribution in [-0.4, -0.2) is 35.3 Å². The van der Waals surface area contributed by atoms with Crippen LogP contribution in [0.25, 0.3) is 0 Å². The normalized spacial score (nSPS) is 10.8. The van der Waals surface area contributed by atoms with E-state index in [1.807, 2.05) is 6.07 Å². The fourth-order valence-electron chi connectivity index (χ4n) is 3.13. The molecule has 1 aromatic heterocycles. The summed E-state index contributed by atoms with van der Waals surface area (Å²) in [6, 6.07) is 18.0. The summed E-state index contributed by atoms with van der Waals surface area (Å²) < 4.78 is 24.8. The van der Waals surface area contributed by atoms with Gasteiger partial charge in [0.15, 0.2) is 0 Å². The lowest BCUT2D eigenvalue weighted by molar-refractivity contribution is -0.120. The van der Waals surface area contributed by atoms with Crippen molar-refractivity contribution in [1.82, 2.24) is 15.6 Å². The van der Waals surface area contributed by atoms with E-state index >= 15 is 0 Å². The van der Waals surface area contributed by atoms with Crippen molar-refractivity contribution in [1.29, 1.82) is 0 Å². The van der Waals surface area contributed by atoms with Gasteiger partial charge in [0, 0.05) is 15.6 Å². The Morgan fingerprint density at radius 3 is 2.58 bits per heavy atom. The number of hydrogen-bond acceptors (Lipinski definition) is 8. The standard InChI is InChI=1S/C26H21BrFN5O4S/c1-36-21-9-4-17(5-10-21)25(35)30-26-33-32-24(38-26)13-23(34)31-29-14-18-12-19(27)6-11-22(18)37-15-16-2-7-20(28)8-3-16/h2-12,14H,13,15H2,1H3,(H,31,34)(H,30,33,35)/b29-14+. The third-order valence-corrected chi connectivity index (χ3v) is 6.36. The molecule has 3 aromatic carbocycles. The molecule has 38 heavy (non-hydrogen) atoms. The molecule has 0 bridgehead atoms. The van der Waals surface area contributed by atoms with Crippen LogP contribution in [0.4, 0.5) is 9.52 Å². The number of methoxy groups -OCH3 is 1. The molecule has 4 aromatic rings. The van der Waals surface area contributed by atoms with Gasteiger partial charge in [-0.25, -0.2) is 9.82 Å². The Labute approximate surface area is 229 Å². The van der Waals surface area contributed by atoms with Crippen LogP contribution in [0.15, 0.2) is 76.3 Å². The number of benzene rings is 3. The highest BCUT2D eigenvalue weighted by molar-refractivity contribution is 9.10. The van der Waals surface area contributed by atoms with E-state index in [4.69, 9.17) is 9.47 Å². The van der Waals surface area contributed by atoms with Crippen LogP contribution in [-0.2, 0) is 17.8 Å². The van der Waals surface area contributed by atoms with Crippen molar-refractivity contribution in [2.75, 3.05) is 12.4 Å². The van der Waals surface area contributed by atoms with Crippen molar-refractivity contribution in [2.24, 2.45) is 5.10 Å². The second-order valence-corrected chi connectivity index (χ2v) is 9.73. The number of carbonyl (C=O) groups excluding carboxylic acids is 2. The molecule has 12 heteroatoms. The van der Waals surface area contributed by atoms with E-state index in [9.17, 15) is 14.0 Å². The molecule has 0 aliphatic carbocycles. The van der Waals surface area contributed by atoms with Crippen LogP contribution in [0.2, 0.25) is 0 Å². The summed E-state index contributed by atoms with van der Waals surface area (Å²) >= 11 is 4.50. The highest BCUT2D eigenvalue weighted by Gasteiger charge is 2.13. The van der Waals surface area contributed by atoms with Crippen LogP contribution in [0.3, 0.4) is 0 Å². The fraction of sp³-hybridized carbons (Fsp3) is 0.115. The SMILES string of the molecule is COc1ccc(C(=O)Nc2nnc(CC(=O)N/N=C/c3cc(Br)ccc3OCc3ccc(F)cc3)s2)cc1. The van der Waals surface area contributed by atoms with Crippen LogP contribution < -0.4 is 20.2 Å². The van der Waals surface area contributed by atoms with Gasteiger partial charge in [0.1, 0.15) is 28.9 Å². The summed E-state index contributed by atoms with van der Waals surface area (Å²) in [5.41, 5.74) is 4.32. The molecule has 0 fully saturated rings. The third kappa shape index (κ3) is 7.67. The van der Waals surface area contributed by atoms with Gasteiger partial charge in [-0.05, 0) is 60.2 Å². The molecule has 9 nitrogen and oxygen atoms in total. The lowest BCUT2D eigenvalue weighted by Crippen LogP contribution is -2.19. The van der Waals surface area contributed by atoms with E-state index in [2.05, 4.69) is 42.0 Å². The minimum absolute atomic E-state index is 0.0696. The van der Waals surface area contributed by atoms with Crippen molar-refractivity contribution >= 4 is 50.4 Å². The summed E-state index contributed by atoms with van der Waals surface area (Å²) in [5.74, 6) is 0.105. The molecule has 4 rings (SSSR count). The minimum Gasteiger partial charge on any atom is -0.497 e. The maximum absolute atomic E-state index is 13.1. The number of nitrogens with zero attached hydrogens (tertiary/aromatic N) is 3. The molecule has 0 spiro atoms. The van der Waals surface area contributed by atoms with Crippen molar-refractivity contribution in [2.45, 2.75) is 13.0 Å². The van der Waals surface area contributed by atoms with Gasteiger partial charge in [-0.15, -0.1) is 10.2 Å². The fourth-order valence-corrected chi connectivity index (χ4v) is 4.24. The number of rotatable bonds is 10. The van der Waals surface area contributed by atoms with Crippen molar-refractivity contribution in [3.05, 3.63) is 98.7 Å². The zero-order valence-corrected chi connectivity index (χ0v) is 22.4. The molecule has 0 aliphatic rings. The molecule has 0 saturated carbocycles. The van der Waals surface area contributed by atoms with Crippen LogP contribution >= 0.6 is 27.3 Å². The summed E-state index contributed by atoms with van der Waals surface area (Å²) in [6.07, 6.45) is 1.39. The van der Waals surface area contributed by atoms with Crippen molar-refractivity contribution < 1.29 is 23.5 Å². The van der Waals surface area contributed by atoms with E-state index in [-0.39, 0.29) is 29.9 Å². The summed E-state index contributed by atoms with van der Waals surface area (Å²) in [6.45, 7) is 0.240. The predicted molar refractivity (Wildman–Crippen MR) is 145 cm³/mol. The molecular formula is C26H21BrFN5O4S. The van der Waals surface area contributed by atoms with Gasteiger partial charge in [0.05, 0.1) is 19.7 Å². The van der Waals surface area contributed by atoms with E-state index in [1.54, 1.807) is 55.6 Å². The van der Waals surface area contributed by atoms with Gasteiger partial charge in [-0.2, -0.15) is 5.10 Å². The van der Waals surface area contributed by atoms with E-state index < -0.39 is 5.91 Å². The number of halogens is 2. The lowest BCUT2D eigenvalue weighted by Gasteiger charge is -2.09. The first kappa shape index (κ1) is 26.9. The highest BCUT2D eigenvalue weighted by Crippen LogP contribution is 2.23. The van der Waals surface area contributed by atoms with Gasteiger partial charge in [0.25, 0.3) is 5.91 Å². The molecule has 0 saturated heterocycles. The van der Waals surface area contributed by atoms with Crippen LogP contribution in [0.5, 0.6) is 11.5 Å². The topological polar surface area (TPSA) is 115 Å². The number of hydrazone groups is 1. The summed E-state index contributed by atoms with van der Waals surface area (Å²) in [7, 11) is 1.55. The number of ether oxygens (including phenoxy) is 2. The number of amides is 2. The first-order valence-electron chi connectivity index (χ1n) is 11.2. The zero-order valence-electron chi connectivity index (χ0n) is 20.0. The number of aromatic nitrogens is 2. The number of carbonyl (C=O) groups is 2. The second kappa shape index (κ2) is 12.9. The largest absolute Gasteiger partial charge is 0.497 e. The van der Waals surface area contributed by atoms with Gasteiger partial charge in [-0.1, -0.05) is 39.4 Å². The Bertz CT molecular complexity index is 1450. The average Bonchev–Trinajstić information content (AvgIpc) is 3.35. The molecule has 2 N–H and O–H groups in total. The highest BCUT2D eigenvalue weighted by atomic mass is 79.9. The Hall–Kier alpha value is -4.16. The van der Waals surface area contributed by atoms with Gasteiger partial charge in [-0.3, -0.25) is 14.9 Å². The maximum atomic E-state index is 13.1. The van der Waals surface area contributed by atoms with E-state index in [0.717, 1.165) is 21.4 Å². The smallest absolute Gasteiger partial charge is 0.257 e. The first-order chi connectivity index (χ1) is 18.4. The Morgan fingerprint density at radius 1 is 1.08 bits per heavy atom. The number of nitrogens with one attached hydrogen (secondary N) is 2. The minimum atomic E-state index is -0.408. The molecule has 2 amide bonds. The zero-order chi connectivity index (χ0) is 26.9. The first-order valence-corrected chi connectivity index (χ1v) is 12.8. The maximum Gasteiger partial charge on any atom is 0.257 e. The quantitative estimate of drug-likeness (QED) is 0.197. The lowest BCUT2D eigenvalue weighted by atomic mass is 10.2.